The number of hydrogen-bond donors (Lipinski definition) is 8. The number of fused-ring (bicyclic) bond motifs is 4. The lowest BCUT2D eigenvalue weighted by Crippen LogP contribution is -2.41. The van der Waals surface area contributed by atoms with Crippen molar-refractivity contribution < 1.29 is 62.0 Å². The van der Waals surface area contributed by atoms with Crippen molar-refractivity contribution in [1.29, 1.82) is 0 Å². The molecule has 33 nitrogen and oxygen atoms in total. The highest BCUT2D eigenvalue weighted by atomic mass is 79.9. The molecule has 4 saturated heterocycles. The number of aryl methyl sites for hydroxylation is 2. The van der Waals surface area contributed by atoms with Gasteiger partial charge in [-0.25, -0.2) is 18.7 Å². The topological polar surface area (TPSA) is 419 Å². The van der Waals surface area contributed by atoms with Crippen LogP contribution in [0.3, 0.4) is 0 Å². The van der Waals surface area contributed by atoms with Crippen LogP contribution in [-0.4, -0.2) is 220 Å². The first-order valence-corrected chi connectivity index (χ1v) is 47.0. The highest BCUT2D eigenvalue weighted by molar-refractivity contribution is 9.11. The van der Waals surface area contributed by atoms with Crippen molar-refractivity contribution in [2.24, 2.45) is 46.6 Å². The quantitative estimate of drug-likeness (QED) is 0.0292. The molecule has 37 heteroatoms. The number of nitrogens with zero attached hydrogens (tertiary/aromatic N) is 12. The fourth-order valence-corrected chi connectivity index (χ4v) is 21.3. The maximum Gasteiger partial charge on any atom is 0.254 e. The van der Waals surface area contributed by atoms with Gasteiger partial charge in [-0.1, -0.05) is 72.4 Å². The van der Waals surface area contributed by atoms with Gasteiger partial charge in [0, 0.05) is 111 Å². The summed E-state index contributed by atoms with van der Waals surface area (Å²) < 4.78 is 37.2. The Labute approximate surface area is 794 Å². The Morgan fingerprint density at radius 3 is 0.871 bits per heavy atom. The first-order valence-electron chi connectivity index (χ1n) is 44.7. The number of hydrogen-bond acceptors (Lipinski definition) is 21. The lowest BCUT2D eigenvalue weighted by Gasteiger charge is -2.38. The number of halogens is 4. The van der Waals surface area contributed by atoms with Gasteiger partial charge < -0.3 is 87.5 Å². The van der Waals surface area contributed by atoms with Crippen LogP contribution in [0.1, 0.15) is 179 Å². The number of nitrogens with two attached hydrogens (primary N) is 4. The zero-order chi connectivity index (χ0) is 94.6. The molecular formula is C95H116Br2Cl2N20O13. The van der Waals surface area contributed by atoms with Crippen LogP contribution < -0.4 is 67.9 Å². The summed E-state index contributed by atoms with van der Waals surface area (Å²) in [4.78, 5) is 105. The van der Waals surface area contributed by atoms with Gasteiger partial charge in [0.2, 0.25) is 23.6 Å². The Morgan fingerprint density at radius 1 is 0.386 bits per heavy atom. The van der Waals surface area contributed by atoms with E-state index >= 15 is 0 Å². The van der Waals surface area contributed by atoms with Crippen molar-refractivity contribution >= 4 is 126 Å². The summed E-state index contributed by atoms with van der Waals surface area (Å²) in [6.45, 7) is 29.1. The summed E-state index contributed by atoms with van der Waals surface area (Å²) in [6.07, 6.45) is 18.2. The molecule has 4 atom stereocenters. The molecule has 8 aromatic rings. The fourth-order valence-electron chi connectivity index (χ4n) is 20.3. The molecular weight excluding hydrogens is 1860 g/mol. The molecule has 4 unspecified atom stereocenters. The number of anilines is 4. The maximum atomic E-state index is 12.7. The number of aromatic nitrogens is 8. The van der Waals surface area contributed by atoms with Crippen LogP contribution in [0.2, 0.25) is 10.0 Å². The molecule has 1 aliphatic carbocycles. The van der Waals surface area contributed by atoms with E-state index in [1.165, 1.54) is 38.5 Å². The second-order valence-corrected chi connectivity index (χ2v) is 37.4. The van der Waals surface area contributed by atoms with Gasteiger partial charge >= 0.3 is 0 Å². The van der Waals surface area contributed by atoms with Crippen molar-refractivity contribution in [3.63, 3.8) is 0 Å². The van der Waals surface area contributed by atoms with Crippen molar-refractivity contribution in [3.8, 4) is 73.8 Å². The summed E-state index contributed by atoms with van der Waals surface area (Å²) in [6, 6.07) is 15.4. The summed E-state index contributed by atoms with van der Waals surface area (Å²) >= 11 is 19.7. The van der Waals surface area contributed by atoms with E-state index in [1.807, 2.05) is 76.4 Å². The average Bonchev–Trinajstić information content (AvgIpc) is 1.59. The molecule has 8 aliphatic heterocycles. The standard InChI is InChI=1S/C27H35N5O4.C23H28BrN5O2.C23H28ClN5O4.C22H25BrClN5O3/c1-5-21(33)31-12-7-16(8-13-31)18-6-11-29-26-22(25(28)34)24(30-32(18)26)17-14-19(35-3)23(20(15-17)36-4)27(2)9-10-27;1-4-18(30)28-9-6-15(7-10-28)17-5-8-26-23-19(22(25)31)21(27-29(17)23)16-11-13(2)20(24)14(3)12-16;1-4-18(30)28-9-6-13(7-10-28)15-5-8-26-23-19(22(25)31)21(27-29(15)23)14-11-16(32-2)20(24)17(12-14)33-3;1-3-17(30)28-8-5-12(6-9-28)15-4-7-26-22-18(21(25)31)20(27-29(15)22)13-10-14(24)19(23)16(11-13)32-2/h5,14-16,18,29H,1,6-13H2,2-4H3,(H2,28,34);4,11-12,15,17,26H,1,5-10H2,2-3H3,(H2,25,31);4,11-13,15,26H,1,5-10H2,2-3H3,(H2,25,31);3,10-12,15,26H,1,4-9H2,2H3,(H2,25,31). The highest BCUT2D eigenvalue weighted by Crippen LogP contribution is 2.56. The molecule has 0 bridgehead atoms. The SMILES string of the molecule is C=CC(=O)N1CCC(C2CCNc3c(C(N)=O)c(-c4cc(C)c(Br)c(C)c4)nn32)CC1.C=CC(=O)N1CCC(C2CCNc3c(C(N)=O)c(-c4cc(Cl)c(Br)c(OC)c4)nn32)CC1.C=CC(=O)N1CCC(C2CCNc3c(C(N)=O)c(-c4cc(OC)c(C5(C)CC5)c(OC)c4)nn32)CC1.C=CC(=O)N1CCC(C2CCNc3c(C(N)=O)c(-c4cc(OC)c(Cl)c(OC)c4)nn32)CC1. The van der Waals surface area contributed by atoms with Crippen LogP contribution in [0.25, 0.3) is 45.0 Å². The molecule has 17 rings (SSSR count). The maximum absolute atomic E-state index is 12.7. The average molecular weight is 1980 g/mol. The van der Waals surface area contributed by atoms with Crippen molar-refractivity contribution in [2.45, 2.75) is 140 Å². The Balaban J connectivity index is 0.000000142. The third-order valence-corrected chi connectivity index (χ3v) is 30.4. The predicted molar refractivity (Wildman–Crippen MR) is 516 cm³/mol. The molecule has 5 fully saturated rings. The zero-order valence-corrected chi connectivity index (χ0v) is 80.4. The van der Waals surface area contributed by atoms with Gasteiger partial charge in [-0.15, -0.1) is 0 Å². The number of nitrogens with one attached hydrogen (secondary N) is 4. The summed E-state index contributed by atoms with van der Waals surface area (Å²) in [5.41, 5.74) is 33.1. The van der Waals surface area contributed by atoms with Crippen LogP contribution in [0.15, 0.2) is 108 Å². The Hall–Kier alpha value is -11.8. The third-order valence-electron chi connectivity index (χ3n) is 27.4. The van der Waals surface area contributed by atoms with Crippen molar-refractivity contribution in [2.75, 3.05) is 135 Å². The second-order valence-electron chi connectivity index (χ2n) is 35.0. The highest BCUT2D eigenvalue weighted by Gasteiger charge is 2.46. The number of carbonyl (C=O) groups excluding carboxylic acids is 8. The molecule has 4 aromatic heterocycles. The van der Waals surface area contributed by atoms with Crippen LogP contribution in [0.5, 0.6) is 28.7 Å². The number of methoxy groups -OCH3 is 5. The molecule has 0 spiro atoms. The minimum atomic E-state index is -0.571. The molecule has 4 aromatic carbocycles. The number of carbonyl (C=O) groups is 8. The van der Waals surface area contributed by atoms with E-state index in [0.717, 1.165) is 160 Å². The fraction of sp³-hybridized carbons (Fsp3) is 0.453. The van der Waals surface area contributed by atoms with Crippen molar-refractivity contribution in [1.82, 2.24) is 58.7 Å². The molecule has 132 heavy (non-hydrogen) atoms. The Morgan fingerprint density at radius 2 is 0.629 bits per heavy atom. The minimum absolute atomic E-state index is 0.0113. The first kappa shape index (κ1) is 96.2. The van der Waals surface area contributed by atoms with E-state index in [4.69, 9.17) is 90.2 Å². The molecule has 8 amide bonds. The first-order chi connectivity index (χ1) is 63.4. The normalized spacial score (nSPS) is 19.2. The number of ether oxygens (including phenoxy) is 5. The molecule has 702 valence electrons. The van der Waals surface area contributed by atoms with E-state index < -0.39 is 23.6 Å². The zero-order valence-electron chi connectivity index (χ0n) is 75.8. The molecule has 9 aliphatic rings. The summed E-state index contributed by atoms with van der Waals surface area (Å²) in [5, 5.41) is 33.7. The second kappa shape index (κ2) is 41.1. The number of piperidine rings is 4. The lowest BCUT2D eigenvalue weighted by atomic mass is 9.87. The lowest BCUT2D eigenvalue weighted by molar-refractivity contribution is -0.128. The van der Waals surface area contributed by atoms with Gasteiger partial charge in [-0.3, -0.25) is 38.4 Å². The van der Waals surface area contributed by atoms with Crippen LogP contribution >= 0.6 is 55.1 Å². The van der Waals surface area contributed by atoms with Crippen LogP contribution in [-0.2, 0) is 24.6 Å². The number of benzene rings is 4. The van der Waals surface area contributed by atoms with Gasteiger partial charge in [0.1, 0.15) is 102 Å². The van der Waals surface area contributed by atoms with Gasteiger partial charge in [0.05, 0.1) is 69.2 Å². The number of amides is 8. The van der Waals surface area contributed by atoms with Gasteiger partial charge in [-0.2, -0.15) is 20.4 Å². The van der Waals surface area contributed by atoms with E-state index in [-0.39, 0.29) is 53.2 Å². The third kappa shape index (κ3) is 19.4. The van der Waals surface area contributed by atoms with Gasteiger partial charge in [-0.05, 0) is 233 Å². The molecule has 12 heterocycles. The van der Waals surface area contributed by atoms with E-state index in [0.29, 0.717) is 187 Å². The number of likely N-dealkylation sites (tertiary alicyclic amines) is 4. The molecule has 12 N–H and O–H groups in total. The van der Waals surface area contributed by atoms with E-state index in [1.54, 1.807) is 45.6 Å². The largest absolute Gasteiger partial charge is 0.496 e. The van der Waals surface area contributed by atoms with E-state index in [9.17, 15) is 38.4 Å². The molecule has 1 saturated carbocycles. The van der Waals surface area contributed by atoms with Crippen molar-refractivity contribution in [3.05, 3.63) is 157 Å². The Bertz CT molecular complexity index is 5750. The predicted octanol–water partition coefficient (Wildman–Crippen LogP) is 14.3. The number of rotatable bonds is 22. The van der Waals surface area contributed by atoms with Gasteiger partial charge in [0.25, 0.3) is 23.6 Å². The van der Waals surface area contributed by atoms with E-state index in [2.05, 4.69) is 86.4 Å². The summed E-state index contributed by atoms with van der Waals surface area (Å²) in [5.74, 6) is 4.59. The van der Waals surface area contributed by atoms with Crippen LogP contribution in [0, 0.1) is 37.5 Å². The monoisotopic (exact) mass is 1970 g/mol. The number of primary amides is 4. The minimum Gasteiger partial charge on any atom is -0.496 e. The molecule has 0 radical (unpaired) electrons. The smallest absolute Gasteiger partial charge is 0.254 e. The Kier molecular flexibility index (Phi) is 30.0. The summed E-state index contributed by atoms with van der Waals surface area (Å²) in [7, 11) is 7.88. The van der Waals surface area contributed by atoms with Crippen LogP contribution in [0.4, 0.5) is 23.3 Å². The van der Waals surface area contributed by atoms with Gasteiger partial charge in [0.15, 0.2) is 0 Å².